The van der Waals surface area contributed by atoms with Gasteiger partial charge in [0.25, 0.3) is 0 Å². The van der Waals surface area contributed by atoms with Crippen LogP contribution in [-0.2, 0) is 11.2 Å². The van der Waals surface area contributed by atoms with Crippen LogP contribution in [0.5, 0.6) is 5.75 Å². The molecule has 2 heterocycles. The Balaban J connectivity index is 1.63. The zero-order chi connectivity index (χ0) is 17.9. The van der Waals surface area contributed by atoms with Crippen molar-refractivity contribution in [3.63, 3.8) is 0 Å². The molecule has 1 aromatic heterocycles. The number of nitrogens with zero attached hydrogens (tertiary/aromatic N) is 2. The Morgan fingerprint density at radius 3 is 2.80 bits per heavy atom. The maximum Gasteiger partial charge on any atom is 0.228 e. The molecule has 3 rings (SSSR count). The maximum atomic E-state index is 12.5. The van der Waals surface area contributed by atoms with Crippen LogP contribution in [0.3, 0.4) is 0 Å². The van der Waals surface area contributed by atoms with E-state index in [1.807, 2.05) is 41.5 Å². The SMILES string of the molecule is CCOc1ccc(-c2nc(CC(=O)N3CCC(C)(CN)C3)cs2)cc1. The van der Waals surface area contributed by atoms with Gasteiger partial charge in [0, 0.05) is 24.0 Å². The molecular formula is C19H25N3O2S. The lowest BCUT2D eigenvalue weighted by molar-refractivity contribution is -0.129. The fraction of sp³-hybridized carbons (Fsp3) is 0.474. The Morgan fingerprint density at radius 2 is 2.16 bits per heavy atom. The molecule has 6 heteroatoms. The molecule has 134 valence electrons. The summed E-state index contributed by atoms with van der Waals surface area (Å²) in [7, 11) is 0. The molecule has 0 bridgehead atoms. The number of likely N-dealkylation sites (tertiary alicyclic amines) is 1. The minimum atomic E-state index is 0.0607. The lowest BCUT2D eigenvalue weighted by Gasteiger charge is -2.22. The third-order valence-electron chi connectivity index (χ3n) is 4.70. The van der Waals surface area contributed by atoms with Crippen LogP contribution in [0.4, 0.5) is 0 Å². The van der Waals surface area contributed by atoms with Gasteiger partial charge in [0.05, 0.1) is 18.7 Å². The predicted octanol–water partition coefficient (Wildman–Crippen LogP) is 2.95. The first-order valence-corrected chi connectivity index (χ1v) is 9.56. The number of carbonyl (C=O) groups is 1. The monoisotopic (exact) mass is 359 g/mol. The first-order valence-electron chi connectivity index (χ1n) is 8.68. The van der Waals surface area contributed by atoms with Crippen LogP contribution in [0.1, 0.15) is 26.0 Å². The molecule has 2 aromatic rings. The normalized spacial score (nSPS) is 20.0. The van der Waals surface area contributed by atoms with Gasteiger partial charge < -0.3 is 15.4 Å². The molecule has 1 aliphatic rings. The molecule has 1 aliphatic heterocycles. The van der Waals surface area contributed by atoms with E-state index >= 15 is 0 Å². The topological polar surface area (TPSA) is 68.5 Å². The largest absolute Gasteiger partial charge is 0.494 e. The molecule has 0 saturated carbocycles. The van der Waals surface area contributed by atoms with Crippen molar-refractivity contribution >= 4 is 17.2 Å². The molecule has 0 spiro atoms. The Kier molecular flexibility index (Phi) is 5.39. The molecule has 2 N–H and O–H groups in total. The van der Waals surface area contributed by atoms with Crippen LogP contribution in [0.15, 0.2) is 29.6 Å². The fourth-order valence-corrected chi connectivity index (χ4v) is 3.88. The van der Waals surface area contributed by atoms with Gasteiger partial charge in [-0.3, -0.25) is 4.79 Å². The molecule has 1 fully saturated rings. The molecule has 25 heavy (non-hydrogen) atoms. The van der Waals surface area contributed by atoms with E-state index in [-0.39, 0.29) is 11.3 Å². The molecule has 0 aliphatic carbocycles. The number of aromatic nitrogens is 1. The van der Waals surface area contributed by atoms with Crippen molar-refractivity contribution in [2.45, 2.75) is 26.7 Å². The van der Waals surface area contributed by atoms with Crippen LogP contribution < -0.4 is 10.5 Å². The molecule has 1 amide bonds. The number of carbonyl (C=O) groups excluding carboxylic acids is 1. The van der Waals surface area contributed by atoms with E-state index in [1.54, 1.807) is 11.3 Å². The van der Waals surface area contributed by atoms with E-state index in [4.69, 9.17) is 10.5 Å². The standard InChI is InChI=1S/C19H25N3O2S/c1-3-24-16-6-4-14(5-7-16)18-21-15(11-25-18)10-17(23)22-9-8-19(2,12-20)13-22/h4-7,11H,3,8-10,12-13,20H2,1-2H3. The van der Waals surface area contributed by atoms with E-state index in [0.717, 1.165) is 41.5 Å². The van der Waals surface area contributed by atoms with Gasteiger partial charge in [-0.1, -0.05) is 6.92 Å². The van der Waals surface area contributed by atoms with Crippen LogP contribution in [0.2, 0.25) is 0 Å². The van der Waals surface area contributed by atoms with Gasteiger partial charge in [-0.05, 0) is 49.6 Å². The summed E-state index contributed by atoms with van der Waals surface area (Å²) in [4.78, 5) is 19.1. The number of ether oxygens (including phenoxy) is 1. The summed E-state index contributed by atoms with van der Waals surface area (Å²) in [5.74, 6) is 0.996. The third-order valence-corrected chi connectivity index (χ3v) is 5.64. The second-order valence-electron chi connectivity index (χ2n) is 6.86. The van der Waals surface area contributed by atoms with E-state index in [0.29, 0.717) is 19.6 Å². The van der Waals surface area contributed by atoms with Crippen molar-refractivity contribution in [1.82, 2.24) is 9.88 Å². The summed E-state index contributed by atoms with van der Waals surface area (Å²) in [6.07, 6.45) is 1.33. The second-order valence-corrected chi connectivity index (χ2v) is 7.72. The quantitative estimate of drug-likeness (QED) is 0.861. The summed E-state index contributed by atoms with van der Waals surface area (Å²) in [6.45, 7) is 6.93. The minimum absolute atomic E-state index is 0.0607. The number of hydrogen-bond donors (Lipinski definition) is 1. The number of thiazole rings is 1. The van der Waals surface area contributed by atoms with Gasteiger partial charge in [-0.15, -0.1) is 11.3 Å². The van der Waals surface area contributed by atoms with Crippen molar-refractivity contribution in [2.24, 2.45) is 11.1 Å². The Hall–Kier alpha value is -1.92. The van der Waals surface area contributed by atoms with Gasteiger partial charge >= 0.3 is 0 Å². The van der Waals surface area contributed by atoms with Gasteiger partial charge in [-0.2, -0.15) is 0 Å². The van der Waals surface area contributed by atoms with Gasteiger partial charge in [0.1, 0.15) is 10.8 Å². The highest BCUT2D eigenvalue weighted by Gasteiger charge is 2.34. The number of amides is 1. The van der Waals surface area contributed by atoms with E-state index < -0.39 is 0 Å². The zero-order valence-corrected chi connectivity index (χ0v) is 15.6. The molecular weight excluding hydrogens is 334 g/mol. The summed E-state index contributed by atoms with van der Waals surface area (Å²) in [5, 5.41) is 2.90. The molecule has 1 aromatic carbocycles. The van der Waals surface area contributed by atoms with Crippen molar-refractivity contribution in [3.05, 3.63) is 35.3 Å². The van der Waals surface area contributed by atoms with E-state index in [9.17, 15) is 4.79 Å². The highest BCUT2D eigenvalue weighted by Crippen LogP contribution is 2.30. The van der Waals surface area contributed by atoms with Crippen LogP contribution in [0.25, 0.3) is 10.6 Å². The smallest absolute Gasteiger partial charge is 0.228 e. The van der Waals surface area contributed by atoms with Crippen molar-refractivity contribution < 1.29 is 9.53 Å². The number of nitrogens with two attached hydrogens (primary N) is 1. The number of hydrogen-bond acceptors (Lipinski definition) is 5. The first kappa shape index (κ1) is 17.9. The second kappa shape index (κ2) is 7.54. The summed E-state index contributed by atoms with van der Waals surface area (Å²) < 4.78 is 5.46. The Labute approximate surface area is 152 Å². The van der Waals surface area contributed by atoms with E-state index in [2.05, 4.69) is 11.9 Å². The zero-order valence-electron chi connectivity index (χ0n) is 14.8. The van der Waals surface area contributed by atoms with Crippen molar-refractivity contribution in [1.29, 1.82) is 0 Å². The summed E-state index contributed by atoms with van der Waals surface area (Å²) >= 11 is 1.57. The Bertz CT molecular complexity index is 729. The molecule has 1 unspecified atom stereocenters. The van der Waals surface area contributed by atoms with Crippen molar-refractivity contribution in [2.75, 3.05) is 26.2 Å². The maximum absolute atomic E-state index is 12.5. The van der Waals surface area contributed by atoms with Crippen molar-refractivity contribution in [3.8, 4) is 16.3 Å². The molecule has 5 nitrogen and oxygen atoms in total. The van der Waals surface area contributed by atoms with Gasteiger partial charge in [0.15, 0.2) is 0 Å². The predicted molar refractivity (Wildman–Crippen MR) is 101 cm³/mol. The molecule has 1 atom stereocenters. The average molecular weight is 359 g/mol. The van der Waals surface area contributed by atoms with Crippen LogP contribution >= 0.6 is 11.3 Å². The van der Waals surface area contributed by atoms with Gasteiger partial charge in [-0.25, -0.2) is 4.98 Å². The number of benzene rings is 1. The Morgan fingerprint density at radius 1 is 1.40 bits per heavy atom. The summed E-state index contributed by atoms with van der Waals surface area (Å²) in [5.41, 5.74) is 7.76. The minimum Gasteiger partial charge on any atom is -0.494 e. The third kappa shape index (κ3) is 4.19. The van der Waals surface area contributed by atoms with Crippen LogP contribution in [0, 0.1) is 5.41 Å². The first-order chi connectivity index (χ1) is 12.0. The molecule has 0 radical (unpaired) electrons. The lowest BCUT2D eigenvalue weighted by atomic mass is 9.90. The lowest BCUT2D eigenvalue weighted by Crippen LogP contribution is -2.35. The highest BCUT2D eigenvalue weighted by molar-refractivity contribution is 7.13. The average Bonchev–Trinajstić information content (AvgIpc) is 3.23. The fourth-order valence-electron chi connectivity index (χ4n) is 3.05. The molecule has 1 saturated heterocycles. The summed E-state index contributed by atoms with van der Waals surface area (Å²) in [6, 6.07) is 7.90. The number of rotatable bonds is 6. The van der Waals surface area contributed by atoms with Gasteiger partial charge in [0.2, 0.25) is 5.91 Å². The van der Waals surface area contributed by atoms with Crippen LogP contribution in [-0.4, -0.2) is 42.0 Å². The van der Waals surface area contributed by atoms with E-state index in [1.165, 1.54) is 0 Å². The highest BCUT2D eigenvalue weighted by atomic mass is 32.1.